The molecule has 0 unspecified atom stereocenters. The van der Waals surface area contributed by atoms with Gasteiger partial charge in [0.05, 0.1) is 17.9 Å². The molecule has 0 spiro atoms. The predicted octanol–water partition coefficient (Wildman–Crippen LogP) is 2.05. The molecule has 1 N–H and O–H groups in total. The summed E-state index contributed by atoms with van der Waals surface area (Å²) in [5.41, 5.74) is -1.12. The molecule has 11 heteroatoms. The lowest BCUT2D eigenvalue weighted by molar-refractivity contribution is 0.0208. The van der Waals surface area contributed by atoms with Crippen LogP contribution >= 0.6 is 0 Å². The first kappa shape index (κ1) is 27.3. The molecule has 1 atom stereocenters. The van der Waals surface area contributed by atoms with Crippen molar-refractivity contribution >= 4 is 22.1 Å². The van der Waals surface area contributed by atoms with E-state index in [1.165, 1.54) is 10.6 Å². The van der Waals surface area contributed by atoms with Crippen molar-refractivity contribution in [3.63, 3.8) is 0 Å². The van der Waals surface area contributed by atoms with Crippen LogP contribution in [0.1, 0.15) is 54.0 Å². The largest absolute Gasteiger partial charge is 0.444 e. The molecular formula is C22H39N5O5S. The molecule has 0 saturated carbocycles. The SMILES string of the molecule is CC(C)CN(C[C@H]1CN(C(=O)OC(C)(C)C)CCN1c1ncc(C(C)(C)O)cn1)S(C)(=O)=O. The highest BCUT2D eigenvalue weighted by molar-refractivity contribution is 7.88. The Hall–Kier alpha value is -1.98. The average molecular weight is 486 g/mol. The van der Waals surface area contributed by atoms with Crippen molar-refractivity contribution in [2.24, 2.45) is 5.92 Å². The van der Waals surface area contributed by atoms with Gasteiger partial charge in [-0.15, -0.1) is 0 Å². The Kier molecular flexibility index (Phi) is 8.35. The fourth-order valence-electron chi connectivity index (χ4n) is 3.54. The van der Waals surface area contributed by atoms with Crippen molar-refractivity contribution in [3.05, 3.63) is 18.0 Å². The lowest BCUT2D eigenvalue weighted by atomic mass is 10.0. The van der Waals surface area contributed by atoms with E-state index in [2.05, 4.69) is 9.97 Å². The normalized spacial score (nSPS) is 18.2. The molecule has 0 aliphatic carbocycles. The second-order valence-corrected chi connectivity index (χ2v) is 12.6. The van der Waals surface area contributed by atoms with Crippen molar-refractivity contribution in [3.8, 4) is 0 Å². The molecule has 2 heterocycles. The number of carbonyl (C=O) groups is 1. The van der Waals surface area contributed by atoms with Gasteiger partial charge in [-0.05, 0) is 40.5 Å². The first-order valence-corrected chi connectivity index (χ1v) is 13.1. The summed E-state index contributed by atoms with van der Waals surface area (Å²) < 4.78 is 31.9. The number of anilines is 1. The Morgan fingerprint density at radius 2 is 1.79 bits per heavy atom. The van der Waals surface area contributed by atoms with Gasteiger partial charge in [-0.3, -0.25) is 0 Å². The molecule has 1 aliphatic heterocycles. The summed E-state index contributed by atoms with van der Waals surface area (Å²) in [4.78, 5) is 25.1. The van der Waals surface area contributed by atoms with Gasteiger partial charge in [0.25, 0.3) is 0 Å². The topological polar surface area (TPSA) is 116 Å². The lowest BCUT2D eigenvalue weighted by Crippen LogP contribution is -2.60. The van der Waals surface area contributed by atoms with Crippen LogP contribution in [0, 0.1) is 5.92 Å². The summed E-state index contributed by atoms with van der Waals surface area (Å²) in [6, 6.07) is -0.368. The number of nitrogens with zero attached hydrogens (tertiary/aromatic N) is 5. The van der Waals surface area contributed by atoms with Crippen LogP contribution in [0.5, 0.6) is 0 Å². The zero-order valence-corrected chi connectivity index (χ0v) is 21.9. The van der Waals surface area contributed by atoms with Crippen molar-refractivity contribution in [1.82, 2.24) is 19.2 Å². The van der Waals surface area contributed by atoms with Crippen molar-refractivity contribution in [2.45, 2.75) is 65.7 Å². The summed E-state index contributed by atoms with van der Waals surface area (Å²) in [5.74, 6) is 0.566. The molecular weight excluding hydrogens is 446 g/mol. The van der Waals surface area contributed by atoms with E-state index < -0.39 is 27.3 Å². The quantitative estimate of drug-likeness (QED) is 0.624. The predicted molar refractivity (Wildman–Crippen MR) is 127 cm³/mol. The Morgan fingerprint density at radius 3 is 2.24 bits per heavy atom. The molecule has 1 aromatic rings. The summed E-state index contributed by atoms with van der Waals surface area (Å²) in [5, 5.41) is 10.2. The number of carbonyl (C=O) groups excluding carboxylic acids is 1. The van der Waals surface area contributed by atoms with Gasteiger partial charge in [-0.25, -0.2) is 23.2 Å². The van der Waals surface area contributed by atoms with Crippen molar-refractivity contribution in [2.75, 3.05) is 43.9 Å². The lowest BCUT2D eigenvalue weighted by Gasteiger charge is -2.43. The number of ether oxygens (including phenoxy) is 1. The maximum atomic E-state index is 12.7. The molecule has 1 saturated heterocycles. The maximum absolute atomic E-state index is 12.7. The van der Waals surface area contributed by atoms with Gasteiger partial charge in [0, 0.05) is 50.7 Å². The summed E-state index contributed by atoms with van der Waals surface area (Å²) in [6.45, 7) is 14.3. The first-order valence-electron chi connectivity index (χ1n) is 11.2. The highest BCUT2D eigenvalue weighted by atomic mass is 32.2. The molecule has 33 heavy (non-hydrogen) atoms. The minimum Gasteiger partial charge on any atom is -0.444 e. The maximum Gasteiger partial charge on any atom is 0.410 e. The van der Waals surface area contributed by atoms with Gasteiger partial charge >= 0.3 is 6.09 Å². The minimum absolute atomic E-state index is 0.140. The number of rotatable bonds is 7. The number of aromatic nitrogens is 2. The number of amides is 1. The third kappa shape index (κ3) is 8.08. The molecule has 10 nitrogen and oxygen atoms in total. The van der Waals surface area contributed by atoms with Gasteiger partial charge < -0.3 is 19.6 Å². The summed E-state index contributed by atoms with van der Waals surface area (Å²) in [6.07, 6.45) is 3.91. The number of piperazine rings is 1. The second-order valence-electron chi connectivity index (χ2n) is 10.6. The highest BCUT2D eigenvalue weighted by Gasteiger charge is 2.36. The Labute approximate surface area is 198 Å². The van der Waals surface area contributed by atoms with Gasteiger partial charge in [0.15, 0.2) is 0 Å². The van der Waals surface area contributed by atoms with E-state index in [1.807, 2.05) is 39.5 Å². The smallest absolute Gasteiger partial charge is 0.410 e. The zero-order chi connectivity index (χ0) is 25.2. The van der Waals surface area contributed by atoms with Crippen LogP contribution in [0.25, 0.3) is 0 Å². The van der Waals surface area contributed by atoms with Crippen LogP contribution in [0.15, 0.2) is 12.4 Å². The van der Waals surface area contributed by atoms with Crippen LogP contribution < -0.4 is 4.90 Å². The summed E-state index contributed by atoms with van der Waals surface area (Å²) >= 11 is 0. The molecule has 0 radical (unpaired) electrons. The monoisotopic (exact) mass is 485 g/mol. The Morgan fingerprint density at radius 1 is 1.21 bits per heavy atom. The van der Waals surface area contributed by atoms with Crippen LogP contribution in [0.4, 0.5) is 10.7 Å². The molecule has 1 aliphatic rings. The van der Waals surface area contributed by atoms with E-state index in [9.17, 15) is 18.3 Å². The summed E-state index contributed by atoms with van der Waals surface area (Å²) in [7, 11) is -3.46. The van der Waals surface area contributed by atoms with Crippen molar-refractivity contribution < 1.29 is 23.1 Å². The van der Waals surface area contributed by atoms with E-state index in [1.54, 1.807) is 31.1 Å². The zero-order valence-electron chi connectivity index (χ0n) is 21.1. The van der Waals surface area contributed by atoms with Gasteiger partial charge in [-0.2, -0.15) is 4.31 Å². The fourth-order valence-corrected chi connectivity index (χ4v) is 4.55. The molecule has 1 aromatic heterocycles. The standard InChI is InChI=1S/C22H39N5O5S/c1-16(2)13-26(33(8,30)31)15-18-14-25(20(28)32-21(3,4)5)9-10-27(18)19-23-11-17(12-24-19)22(6,7)29/h11-12,16,18,29H,9-10,13-15H2,1-8H3/t18-/m1/s1. The number of hydrogen-bond donors (Lipinski definition) is 1. The van der Waals surface area contributed by atoms with Gasteiger partial charge in [-0.1, -0.05) is 13.8 Å². The number of hydrogen-bond acceptors (Lipinski definition) is 8. The van der Waals surface area contributed by atoms with Crippen LogP contribution in [-0.4, -0.2) is 89.4 Å². The number of aliphatic hydroxyl groups is 1. The van der Waals surface area contributed by atoms with Crippen LogP contribution in [0.3, 0.4) is 0 Å². The average Bonchev–Trinajstić information content (AvgIpc) is 2.64. The highest BCUT2D eigenvalue weighted by Crippen LogP contribution is 2.23. The van der Waals surface area contributed by atoms with E-state index in [4.69, 9.17) is 4.74 Å². The first-order chi connectivity index (χ1) is 15.0. The van der Waals surface area contributed by atoms with Crippen LogP contribution in [-0.2, 0) is 20.4 Å². The van der Waals surface area contributed by atoms with E-state index in [-0.39, 0.29) is 25.0 Å². The van der Waals surface area contributed by atoms with Crippen LogP contribution in [0.2, 0.25) is 0 Å². The molecule has 0 aromatic carbocycles. The molecule has 1 fully saturated rings. The minimum atomic E-state index is -3.46. The Bertz CT molecular complexity index is 907. The van der Waals surface area contributed by atoms with Gasteiger partial charge in [0.1, 0.15) is 5.60 Å². The number of sulfonamides is 1. The van der Waals surface area contributed by atoms with Crippen molar-refractivity contribution in [1.29, 1.82) is 0 Å². The molecule has 2 rings (SSSR count). The van der Waals surface area contributed by atoms with E-state index in [0.717, 1.165) is 0 Å². The third-order valence-corrected chi connectivity index (χ3v) is 6.42. The second kappa shape index (κ2) is 10.1. The molecule has 1 amide bonds. The Balaban J connectivity index is 2.34. The van der Waals surface area contributed by atoms with E-state index >= 15 is 0 Å². The molecule has 188 valence electrons. The van der Waals surface area contributed by atoms with E-state index in [0.29, 0.717) is 31.1 Å². The molecule has 0 bridgehead atoms. The third-order valence-electron chi connectivity index (χ3n) is 5.19. The fraction of sp³-hybridized carbons (Fsp3) is 0.773. The van der Waals surface area contributed by atoms with Gasteiger partial charge in [0.2, 0.25) is 16.0 Å².